The smallest absolute Gasteiger partial charge is 0.265 e. The Morgan fingerprint density at radius 3 is 1.91 bits per heavy atom. The molecule has 0 bridgehead atoms. The molecule has 0 radical (unpaired) electrons. The summed E-state index contributed by atoms with van der Waals surface area (Å²) < 4.78 is 9.84. The zero-order valence-corrected chi connectivity index (χ0v) is 18.7. The van der Waals surface area contributed by atoms with Crippen LogP contribution in [0.1, 0.15) is 41.5 Å². The standard InChI is InChI=1S/C16H30Cl3NO2Si/c1-14(2,3)10-9-12(11-21-13(20)16(17,18)19)22-23(7,8)15(4,5)6/h9-10,12,20H,11H2,1-8H3/b10-9-,20-13?/t12-/m0/s1. The van der Waals surface area contributed by atoms with E-state index >= 15 is 0 Å². The molecule has 0 amide bonds. The molecule has 3 nitrogen and oxygen atoms in total. The van der Waals surface area contributed by atoms with Crippen LogP contribution >= 0.6 is 34.8 Å². The van der Waals surface area contributed by atoms with Crippen molar-refractivity contribution in [1.82, 2.24) is 0 Å². The van der Waals surface area contributed by atoms with Crippen LogP contribution in [0.4, 0.5) is 0 Å². The molecule has 0 aliphatic carbocycles. The molecule has 0 aromatic rings. The fraction of sp³-hybridized carbons (Fsp3) is 0.812. The molecule has 0 saturated heterocycles. The van der Waals surface area contributed by atoms with Gasteiger partial charge in [-0.3, -0.25) is 5.41 Å². The molecule has 0 aromatic carbocycles. The summed E-state index contributed by atoms with van der Waals surface area (Å²) in [5, 5.41) is 7.73. The summed E-state index contributed by atoms with van der Waals surface area (Å²) >= 11 is 17.0. The largest absolute Gasteiger partial charge is 0.475 e. The molecule has 0 spiro atoms. The van der Waals surface area contributed by atoms with E-state index in [1.165, 1.54) is 0 Å². The van der Waals surface area contributed by atoms with Crippen molar-refractivity contribution < 1.29 is 9.16 Å². The first-order valence-electron chi connectivity index (χ1n) is 7.61. The maximum atomic E-state index is 7.66. The number of hydrogen-bond acceptors (Lipinski definition) is 3. The molecule has 0 fully saturated rings. The number of ether oxygens (including phenoxy) is 1. The normalized spacial score (nSPS) is 15.8. The van der Waals surface area contributed by atoms with Gasteiger partial charge in [-0.05, 0) is 23.5 Å². The van der Waals surface area contributed by atoms with Crippen LogP contribution in [0.3, 0.4) is 0 Å². The Bertz CT molecular complexity index is 432. The Kier molecular flexibility index (Phi) is 8.18. The van der Waals surface area contributed by atoms with Crippen LogP contribution in [0.25, 0.3) is 0 Å². The van der Waals surface area contributed by atoms with E-state index in [-0.39, 0.29) is 23.2 Å². The average molecular weight is 403 g/mol. The van der Waals surface area contributed by atoms with Crippen LogP contribution in [0.5, 0.6) is 0 Å². The van der Waals surface area contributed by atoms with Gasteiger partial charge in [-0.15, -0.1) is 0 Å². The third kappa shape index (κ3) is 9.35. The van der Waals surface area contributed by atoms with Crippen LogP contribution in [-0.4, -0.2) is 30.7 Å². The van der Waals surface area contributed by atoms with E-state index in [9.17, 15) is 0 Å². The van der Waals surface area contributed by atoms with Gasteiger partial charge in [0, 0.05) is 0 Å². The van der Waals surface area contributed by atoms with Crippen molar-refractivity contribution in [2.75, 3.05) is 6.61 Å². The third-order valence-electron chi connectivity index (χ3n) is 3.71. The molecule has 0 aromatic heterocycles. The Morgan fingerprint density at radius 2 is 1.57 bits per heavy atom. The van der Waals surface area contributed by atoms with Crippen molar-refractivity contribution in [3.05, 3.63) is 12.2 Å². The number of allylic oxidation sites excluding steroid dienone is 1. The van der Waals surface area contributed by atoms with Crippen LogP contribution in [-0.2, 0) is 9.16 Å². The van der Waals surface area contributed by atoms with Crippen molar-refractivity contribution in [1.29, 1.82) is 5.41 Å². The highest BCUT2D eigenvalue weighted by Crippen LogP contribution is 2.37. The number of nitrogens with one attached hydrogen (secondary N) is 1. The predicted octanol–water partition coefficient (Wildman–Crippen LogP) is 6.34. The van der Waals surface area contributed by atoms with Gasteiger partial charge < -0.3 is 9.16 Å². The SMILES string of the molecule is CC(C)(C)/C=C\[C@@H](COC(=N)C(Cl)(Cl)Cl)O[Si](C)(C)C(C)(C)C. The van der Waals surface area contributed by atoms with Crippen molar-refractivity contribution >= 4 is 49.0 Å². The molecule has 0 heterocycles. The van der Waals surface area contributed by atoms with E-state index in [0.29, 0.717) is 0 Å². The lowest BCUT2D eigenvalue weighted by Crippen LogP contribution is -2.45. The number of alkyl halides is 3. The molecule has 23 heavy (non-hydrogen) atoms. The monoisotopic (exact) mass is 401 g/mol. The first kappa shape index (κ1) is 23.3. The zero-order chi connectivity index (χ0) is 18.7. The Balaban J connectivity index is 5.12. The first-order chi connectivity index (χ1) is 9.96. The number of hydrogen-bond donors (Lipinski definition) is 1. The Labute approximate surface area is 157 Å². The fourth-order valence-electron chi connectivity index (χ4n) is 1.33. The molecular formula is C16H30Cl3NO2Si. The zero-order valence-electron chi connectivity index (χ0n) is 15.4. The molecule has 0 saturated carbocycles. The van der Waals surface area contributed by atoms with E-state index in [2.05, 4.69) is 60.7 Å². The van der Waals surface area contributed by atoms with Gasteiger partial charge in [0.05, 0.1) is 6.10 Å². The predicted molar refractivity (Wildman–Crippen MR) is 105 cm³/mol. The molecule has 0 rings (SSSR count). The van der Waals surface area contributed by atoms with Gasteiger partial charge in [0.2, 0.25) is 5.90 Å². The average Bonchev–Trinajstić information content (AvgIpc) is 2.28. The van der Waals surface area contributed by atoms with E-state index in [1.807, 2.05) is 6.08 Å². The highest BCUT2D eigenvalue weighted by molar-refractivity contribution is 6.76. The van der Waals surface area contributed by atoms with Gasteiger partial charge in [0.1, 0.15) is 6.61 Å². The maximum absolute atomic E-state index is 7.66. The summed E-state index contributed by atoms with van der Waals surface area (Å²) in [5.74, 6) is -0.393. The van der Waals surface area contributed by atoms with Crippen LogP contribution in [0, 0.1) is 10.8 Å². The topological polar surface area (TPSA) is 42.3 Å². The summed E-state index contributed by atoms with van der Waals surface area (Å²) in [6.07, 6.45) is 3.77. The number of rotatable bonds is 5. The minimum Gasteiger partial charge on any atom is -0.475 e. The van der Waals surface area contributed by atoms with Crippen LogP contribution < -0.4 is 0 Å². The lowest BCUT2D eigenvalue weighted by molar-refractivity contribution is 0.140. The lowest BCUT2D eigenvalue weighted by atomic mass is 9.96. The second kappa shape index (κ2) is 8.09. The van der Waals surface area contributed by atoms with Gasteiger partial charge in [-0.2, -0.15) is 0 Å². The van der Waals surface area contributed by atoms with Gasteiger partial charge in [-0.1, -0.05) is 88.5 Å². The summed E-state index contributed by atoms with van der Waals surface area (Å²) in [4.78, 5) is 0. The second-order valence-corrected chi connectivity index (χ2v) is 15.3. The Hall–Kier alpha value is 0.257. The van der Waals surface area contributed by atoms with E-state index in [0.717, 1.165) is 0 Å². The quantitative estimate of drug-likeness (QED) is 0.191. The molecule has 1 N–H and O–H groups in total. The van der Waals surface area contributed by atoms with Crippen molar-refractivity contribution in [3.8, 4) is 0 Å². The highest BCUT2D eigenvalue weighted by atomic mass is 35.6. The molecule has 1 atom stereocenters. The van der Waals surface area contributed by atoms with Crippen LogP contribution in [0.2, 0.25) is 18.1 Å². The van der Waals surface area contributed by atoms with Gasteiger partial charge in [0.15, 0.2) is 8.32 Å². The fourth-order valence-corrected chi connectivity index (χ4v) is 2.75. The van der Waals surface area contributed by atoms with Gasteiger partial charge >= 0.3 is 0 Å². The minimum atomic E-state index is -1.98. The van der Waals surface area contributed by atoms with E-state index < -0.39 is 18.0 Å². The highest BCUT2D eigenvalue weighted by Gasteiger charge is 2.39. The second-order valence-electron chi connectivity index (χ2n) is 8.28. The van der Waals surface area contributed by atoms with Crippen LogP contribution in [0.15, 0.2) is 12.2 Å². The summed E-state index contributed by atoms with van der Waals surface area (Å²) in [6.45, 7) is 17.3. The van der Waals surface area contributed by atoms with Crippen molar-refractivity contribution in [2.24, 2.45) is 5.41 Å². The maximum Gasteiger partial charge on any atom is 0.265 e. The molecular weight excluding hydrogens is 373 g/mol. The molecule has 136 valence electrons. The molecule has 0 aliphatic rings. The molecule has 0 aliphatic heterocycles. The summed E-state index contributed by atoms with van der Waals surface area (Å²) in [6, 6.07) is 0. The van der Waals surface area contributed by atoms with Crippen molar-refractivity contribution in [3.63, 3.8) is 0 Å². The molecule has 7 heteroatoms. The van der Waals surface area contributed by atoms with E-state index in [1.54, 1.807) is 0 Å². The summed E-state index contributed by atoms with van der Waals surface area (Å²) in [7, 11) is -1.98. The Morgan fingerprint density at radius 1 is 1.09 bits per heavy atom. The lowest BCUT2D eigenvalue weighted by Gasteiger charge is -2.38. The van der Waals surface area contributed by atoms with E-state index in [4.69, 9.17) is 49.4 Å². The summed E-state index contributed by atoms with van der Waals surface area (Å²) in [5.41, 5.74) is 0.0256. The first-order valence-corrected chi connectivity index (χ1v) is 11.7. The van der Waals surface area contributed by atoms with Gasteiger partial charge in [0.25, 0.3) is 3.79 Å². The third-order valence-corrected chi connectivity index (χ3v) is 8.73. The molecule has 0 unspecified atom stereocenters. The number of halogens is 3. The minimum absolute atomic E-state index is 0.0256. The van der Waals surface area contributed by atoms with Gasteiger partial charge in [-0.25, -0.2) is 0 Å². The van der Waals surface area contributed by atoms with Crippen molar-refractivity contribution in [2.45, 2.75) is 69.6 Å².